The number of H-pyrrole nitrogens is 1. The van der Waals surface area contributed by atoms with Crippen molar-refractivity contribution >= 4 is 10.0 Å². The summed E-state index contributed by atoms with van der Waals surface area (Å²) in [7, 11) is -1.83. The second-order valence-electron chi connectivity index (χ2n) is 4.22. The van der Waals surface area contributed by atoms with Gasteiger partial charge in [0.25, 0.3) is 10.0 Å². The average molecular weight is 295 g/mol. The number of aromatic amines is 1. The predicted molar refractivity (Wildman–Crippen MR) is 74.5 cm³/mol. The number of nitrogens with one attached hydrogen (secondary N) is 3. The molecule has 0 aliphatic heterocycles. The van der Waals surface area contributed by atoms with Gasteiger partial charge in [0.2, 0.25) is 0 Å². The van der Waals surface area contributed by atoms with E-state index in [0.717, 1.165) is 5.69 Å². The molecule has 0 saturated carbocycles. The van der Waals surface area contributed by atoms with Crippen molar-refractivity contribution in [2.75, 3.05) is 13.6 Å². The monoisotopic (exact) mass is 295 g/mol. The molecule has 2 aromatic rings. The van der Waals surface area contributed by atoms with Crippen molar-refractivity contribution in [2.45, 2.75) is 18.0 Å². The Morgan fingerprint density at radius 2 is 2.20 bits per heavy atom. The van der Waals surface area contributed by atoms with E-state index >= 15 is 0 Å². The average Bonchev–Trinajstić information content (AvgIpc) is 2.89. The summed E-state index contributed by atoms with van der Waals surface area (Å²) in [4.78, 5) is 4.14. The summed E-state index contributed by atoms with van der Waals surface area (Å²) in [5, 5.41) is 9.31. The highest BCUT2D eigenvalue weighted by Crippen LogP contribution is 2.11. The van der Waals surface area contributed by atoms with Crippen molar-refractivity contribution < 1.29 is 8.42 Å². The van der Waals surface area contributed by atoms with E-state index in [-0.39, 0.29) is 11.6 Å². The van der Waals surface area contributed by atoms with Gasteiger partial charge in [-0.2, -0.15) is 5.10 Å². The second kappa shape index (κ2) is 6.60. The molecule has 0 aromatic carbocycles. The van der Waals surface area contributed by atoms with E-state index in [4.69, 9.17) is 0 Å². The highest BCUT2D eigenvalue weighted by Gasteiger charge is 2.19. The molecule has 0 atom stereocenters. The molecule has 20 heavy (non-hydrogen) atoms. The van der Waals surface area contributed by atoms with Gasteiger partial charge in [0, 0.05) is 37.0 Å². The van der Waals surface area contributed by atoms with Crippen LogP contribution in [0.2, 0.25) is 0 Å². The number of pyridine rings is 1. The Kier molecular flexibility index (Phi) is 4.83. The van der Waals surface area contributed by atoms with Gasteiger partial charge in [-0.05, 0) is 19.2 Å². The SMILES string of the molecule is CNCc1cn[nH]c1S(=O)(=O)NCCc1ccccn1. The largest absolute Gasteiger partial charge is 0.316 e. The van der Waals surface area contributed by atoms with E-state index in [2.05, 4.69) is 25.2 Å². The van der Waals surface area contributed by atoms with Gasteiger partial charge in [0.05, 0.1) is 6.20 Å². The minimum absolute atomic E-state index is 0.105. The Labute approximate surface area is 117 Å². The third-order valence-corrected chi connectivity index (χ3v) is 4.19. The summed E-state index contributed by atoms with van der Waals surface area (Å²) in [6.07, 6.45) is 3.73. The quantitative estimate of drug-likeness (QED) is 0.670. The number of hydrogen-bond acceptors (Lipinski definition) is 5. The maximum absolute atomic E-state index is 12.1. The van der Waals surface area contributed by atoms with Crippen LogP contribution in [0.15, 0.2) is 35.6 Å². The number of sulfonamides is 1. The standard InChI is InChI=1S/C12H17N5O2S/c1-13-8-10-9-15-17-12(10)20(18,19)16-7-5-11-4-2-3-6-14-11/h2-4,6,9,13,16H,5,7-8H2,1H3,(H,15,17). The summed E-state index contributed by atoms with van der Waals surface area (Å²) in [6.45, 7) is 0.727. The molecule has 0 unspecified atom stereocenters. The molecule has 0 bridgehead atoms. The van der Waals surface area contributed by atoms with Crippen LogP contribution in [0.4, 0.5) is 0 Å². The van der Waals surface area contributed by atoms with Crippen LogP contribution in [-0.4, -0.2) is 37.2 Å². The fraction of sp³-hybridized carbons (Fsp3) is 0.333. The molecule has 3 N–H and O–H groups in total. The highest BCUT2D eigenvalue weighted by atomic mass is 32.2. The smallest absolute Gasteiger partial charge is 0.257 e. The van der Waals surface area contributed by atoms with E-state index in [1.165, 1.54) is 6.20 Å². The van der Waals surface area contributed by atoms with Crippen molar-refractivity contribution in [3.8, 4) is 0 Å². The Morgan fingerprint density at radius 1 is 1.35 bits per heavy atom. The second-order valence-corrected chi connectivity index (χ2v) is 5.93. The van der Waals surface area contributed by atoms with E-state index in [0.29, 0.717) is 18.5 Å². The third kappa shape index (κ3) is 3.62. The fourth-order valence-corrected chi connectivity index (χ4v) is 2.94. The van der Waals surface area contributed by atoms with Crippen molar-refractivity contribution in [3.05, 3.63) is 41.9 Å². The zero-order valence-corrected chi connectivity index (χ0v) is 11.9. The molecule has 0 amide bonds. The number of nitrogens with zero attached hydrogens (tertiary/aromatic N) is 2. The number of hydrogen-bond donors (Lipinski definition) is 3. The van der Waals surface area contributed by atoms with Gasteiger partial charge >= 0.3 is 0 Å². The van der Waals surface area contributed by atoms with Crippen LogP contribution in [0.1, 0.15) is 11.3 Å². The fourth-order valence-electron chi connectivity index (χ4n) is 1.78. The van der Waals surface area contributed by atoms with Gasteiger partial charge in [-0.3, -0.25) is 10.1 Å². The molecule has 2 rings (SSSR count). The Bertz CT molecular complexity index is 639. The van der Waals surface area contributed by atoms with Crippen LogP contribution >= 0.6 is 0 Å². The lowest BCUT2D eigenvalue weighted by Crippen LogP contribution is -2.27. The zero-order valence-electron chi connectivity index (χ0n) is 11.1. The molecule has 0 aliphatic rings. The van der Waals surface area contributed by atoms with Crippen molar-refractivity contribution in [1.82, 2.24) is 25.2 Å². The van der Waals surface area contributed by atoms with E-state index in [9.17, 15) is 8.42 Å². The molecule has 0 fully saturated rings. The Hall–Kier alpha value is -1.77. The summed E-state index contributed by atoms with van der Waals surface area (Å²) in [5.74, 6) is 0. The Morgan fingerprint density at radius 3 is 2.90 bits per heavy atom. The molecule has 0 aliphatic carbocycles. The van der Waals surface area contributed by atoms with Gasteiger partial charge in [0.15, 0.2) is 5.03 Å². The first-order chi connectivity index (χ1) is 9.63. The molecular formula is C12H17N5O2S. The van der Waals surface area contributed by atoms with Crippen LogP contribution in [0.25, 0.3) is 0 Å². The van der Waals surface area contributed by atoms with Crippen molar-refractivity contribution in [1.29, 1.82) is 0 Å². The van der Waals surface area contributed by atoms with Crippen LogP contribution in [-0.2, 0) is 23.0 Å². The Balaban J connectivity index is 1.99. The van der Waals surface area contributed by atoms with Gasteiger partial charge in [-0.15, -0.1) is 0 Å². The van der Waals surface area contributed by atoms with Crippen molar-refractivity contribution in [3.63, 3.8) is 0 Å². The first-order valence-electron chi connectivity index (χ1n) is 6.20. The van der Waals surface area contributed by atoms with Gasteiger partial charge in [-0.25, -0.2) is 13.1 Å². The molecule has 0 spiro atoms. The lowest BCUT2D eigenvalue weighted by molar-refractivity contribution is 0.575. The lowest BCUT2D eigenvalue weighted by atomic mass is 10.3. The molecule has 8 heteroatoms. The first kappa shape index (κ1) is 14.6. The molecule has 108 valence electrons. The third-order valence-electron chi connectivity index (χ3n) is 2.71. The molecule has 2 heterocycles. The van der Waals surface area contributed by atoms with Crippen LogP contribution in [0.5, 0.6) is 0 Å². The summed E-state index contributed by atoms with van der Waals surface area (Å²) in [5.41, 5.74) is 1.45. The van der Waals surface area contributed by atoms with Crippen LogP contribution in [0.3, 0.4) is 0 Å². The molecule has 0 saturated heterocycles. The summed E-state index contributed by atoms with van der Waals surface area (Å²) >= 11 is 0. The van der Waals surface area contributed by atoms with Crippen molar-refractivity contribution in [2.24, 2.45) is 0 Å². The number of aromatic nitrogens is 3. The molecule has 7 nitrogen and oxygen atoms in total. The highest BCUT2D eigenvalue weighted by molar-refractivity contribution is 7.89. The van der Waals surface area contributed by atoms with Gasteiger partial charge in [0.1, 0.15) is 0 Å². The summed E-state index contributed by atoms with van der Waals surface area (Å²) in [6, 6.07) is 5.55. The maximum atomic E-state index is 12.1. The minimum Gasteiger partial charge on any atom is -0.316 e. The predicted octanol–water partition coefficient (Wildman–Crippen LogP) is 0.0451. The van der Waals surface area contributed by atoms with E-state index in [1.807, 2.05) is 18.2 Å². The molecular weight excluding hydrogens is 278 g/mol. The maximum Gasteiger partial charge on any atom is 0.257 e. The number of rotatable bonds is 7. The summed E-state index contributed by atoms with van der Waals surface area (Å²) < 4.78 is 26.8. The molecule has 0 radical (unpaired) electrons. The van der Waals surface area contributed by atoms with E-state index in [1.54, 1.807) is 13.2 Å². The van der Waals surface area contributed by atoms with Crippen LogP contribution < -0.4 is 10.0 Å². The van der Waals surface area contributed by atoms with Gasteiger partial charge < -0.3 is 5.32 Å². The first-order valence-corrected chi connectivity index (χ1v) is 7.68. The lowest BCUT2D eigenvalue weighted by Gasteiger charge is -2.06. The normalized spacial score (nSPS) is 11.7. The topological polar surface area (TPSA) is 99.8 Å². The van der Waals surface area contributed by atoms with E-state index < -0.39 is 10.0 Å². The minimum atomic E-state index is -3.58. The zero-order chi connectivity index (χ0) is 14.4. The molecule has 2 aromatic heterocycles. The van der Waals surface area contributed by atoms with Gasteiger partial charge in [-0.1, -0.05) is 6.07 Å². The van der Waals surface area contributed by atoms with Crippen LogP contribution in [0, 0.1) is 0 Å².